The lowest BCUT2D eigenvalue weighted by atomic mass is 9.99. The Morgan fingerprint density at radius 2 is 2.03 bits per heavy atom. The van der Waals surface area contributed by atoms with E-state index in [1.165, 1.54) is 17.7 Å². The molecule has 0 radical (unpaired) electrons. The van der Waals surface area contributed by atoms with Gasteiger partial charge in [0.1, 0.15) is 5.75 Å². The van der Waals surface area contributed by atoms with Crippen LogP contribution in [0.15, 0.2) is 42.5 Å². The molecule has 5 nitrogen and oxygen atoms in total. The van der Waals surface area contributed by atoms with Gasteiger partial charge in [0.05, 0.1) is 29.9 Å². The summed E-state index contributed by atoms with van der Waals surface area (Å²) in [4.78, 5) is 12.7. The number of fused-ring (bicyclic) bond motifs is 1. The average Bonchev–Trinajstić information content (AvgIpc) is 2.76. The van der Waals surface area contributed by atoms with Crippen molar-refractivity contribution >= 4 is 5.91 Å². The third-order valence-corrected chi connectivity index (χ3v) is 5.08. The number of ether oxygens (including phenoxy) is 2. The van der Waals surface area contributed by atoms with E-state index >= 15 is 0 Å². The number of nitriles is 1. The zero-order valence-corrected chi connectivity index (χ0v) is 17.0. The molecule has 1 heterocycles. The molecule has 0 aromatic heterocycles. The molecule has 2 aromatic carbocycles. The zero-order chi connectivity index (χ0) is 22.4. The summed E-state index contributed by atoms with van der Waals surface area (Å²) in [6.07, 6.45) is -4.22. The summed E-state index contributed by atoms with van der Waals surface area (Å²) in [5.41, 5.74) is 0.716. The fourth-order valence-electron chi connectivity index (χ4n) is 3.47. The summed E-state index contributed by atoms with van der Waals surface area (Å²) in [6, 6.07) is 12.5. The molecule has 0 aliphatic carbocycles. The number of alkyl halides is 3. The van der Waals surface area contributed by atoms with Gasteiger partial charge < -0.3 is 14.8 Å². The molecule has 0 saturated heterocycles. The van der Waals surface area contributed by atoms with Gasteiger partial charge in [-0.2, -0.15) is 18.4 Å². The predicted octanol–water partition coefficient (Wildman–Crippen LogP) is 4.38. The number of halogens is 3. The molecule has 1 amide bonds. The molecule has 2 atom stereocenters. The van der Waals surface area contributed by atoms with E-state index in [0.29, 0.717) is 25.9 Å². The standard InChI is InChI=1S/C23H23F3N2O3/c1-2-5-21(31-18-9-8-16(12-27)20(11-18)23(24,25)26)22(29)28-13-19-10-15-6-3-4-7-17(15)14-30-19/h3-4,6-9,11,19,21H,2,5,10,13-14H2,1H3,(H,28,29). The SMILES string of the molecule is CCCC(Oc1ccc(C#N)c(C(F)(F)F)c1)C(=O)NCC1Cc2ccccc2CO1. The molecule has 0 fully saturated rings. The average molecular weight is 432 g/mol. The molecule has 2 aromatic rings. The Labute approximate surface area is 178 Å². The first-order valence-electron chi connectivity index (χ1n) is 10.1. The van der Waals surface area contributed by atoms with Gasteiger partial charge in [-0.05, 0) is 35.7 Å². The Hall–Kier alpha value is -3.05. The van der Waals surface area contributed by atoms with Crippen LogP contribution in [0.3, 0.4) is 0 Å². The van der Waals surface area contributed by atoms with Crippen molar-refractivity contribution in [2.75, 3.05) is 6.54 Å². The number of nitrogens with one attached hydrogen (secondary N) is 1. The van der Waals surface area contributed by atoms with Crippen LogP contribution in [0.4, 0.5) is 13.2 Å². The molecule has 31 heavy (non-hydrogen) atoms. The Bertz CT molecular complexity index is 969. The van der Waals surface area contributed by atoms with Crippen LogP contribution in [0.5, 0.6) is 5.75 Å². The number of benzene rings is 2. The molecule has 1 N–H and O–H groups in total. The Morgan fingerprint density at radius 3 is 2.71 bits per heavy atom. The van der Waals surface area contributed by atoms with Crippen molar-refractivity contribution in [3.63, 3.8) is 0 Å². The number of amides is 1. The Kier molecular flexibility index (Phi) is 7.18. The molecule has 1 aliphatic rings. The largest absolute Gasteiger partial charge is 0.481 e. The van der Waals surface area contributed by atoms with Crippen molar-refractivity contribution < 1.29 is 27.4 Å². The maximum atomic E-state index is 13.2. The van der Waals surface area contributed by atoms with Crippen molar-refractivity contribution in [2.24, 2.45) is 0 Å². The molecular weight excluding hydrogens is 409 g/mol. The maximum Gasteiger partial charge on any atom is 0.417 e. The predicted molar refractivity (Wildman–Crippen MR) is 107 cm³/mol. The van der Waals surface area contributed by atoms with Gasteiger partial charge in [-0.15, -0.1) is 0 Å². The van der Waals surface area contributed by atoms with E-state index < -0.39 is 29.3 Å². The van der Waals surface area contributed by atoms with Gasteiger partial charge in [-0.3, -0.25) is 4.79 Å². The van der Waals surface area contributed by atoms with E-state index in [-0.39, 0.29) is 18.4 Å². The minimum Gasteiger partial charge on any atom is -0.481 e. The van der Waals surface area contributed by atoms with Crippen LogP contribution in [0, 0.1) is 11.3 Å². The van der Waals surface area contributed by atoms with E-state index in [9.17, 15) is 18.0 Å². The van der Waals surface area contributed by atoms with Crippen LogP contribution in [-0.4, -0.2) is 24.7 Å². The number of rotatable bonds is 7. The van der Waals surface area contributed by atoms with Crippen LogP contribution in [0.2, 0.25) is 0 Å². The van der Waals surface area contributed by atoms with Crippen molar-refractivity contribution in [1.29, 1.82) is 5.26 Å². The van der Waals surface area contributed by atoms with Crippen LogP contribution in [0.25, 0.3) is 0 Å². The monoisotopic (exact) mass is 432 g/mol. The van der Waals surface area contributed by atoms with Crippen molar-refractivity contribution in [3.05, 3.63) is 64.7 Å². The molecule has 0 bridgehead atoms. The first-order valence-corrected chi connectivity index (χ1v) is 10.1. The van der Waals surface area contributed by atoms with Crippen LogP contribution < -0.4 is 10.1 Å². The van der Waals surface area contributed by atoms with Crippen molar-refractivity contribution in [2.45, 2.75) is 51.2 Å². The zero-order valence-electron chi connectivity index (χ0n) is 17.0. The summed E-state index contributed by atoms with van der Waals surface area (Å²) >= 11 is 0. The highest BCUT2D eigenvalue weighted by Crippen LogP contribution is 2.34. The van der Waals surface area contributed by atoms with E-state index in [0.717, 1.165) is 17.7 Å². The van der Waals surface area contributed by atoms with Gasteiger partial charge in [0.2, 0.25) is 0 Å². The van der Waals surface area contributed by atoms with E-state index in [2.05, 4.69) is 5.32 Å². The topological polar surface area (TPSA) is 71.3 Å². The minimum atomic E-state index is -4.69. The molecule has 2 unspecified atom stereocenters. The summed E-state index contributed by atoms with van der Waals surface area (Å²) in [5, 5.41) is 11.7. The van der Waals surface area contributed by atoms with Gasteiger partial charge in [-0.1, -0.05) is 37.6 Å². The van der Waals surface area contributed by atoms with Gasteiger partial charge in [0.15, 0.2) is 6.10 Å². The van der Waals surface area contributed by atoms with Crippen LogP contribution >= 0.6 is 0 Å². The number of hydrogen-bond acceptors (Lipinski definition) is 4. The second-order valence-electron chi connectivity index (χ2n) is 7.36. The fraction of sp³-hybridized carbons (Fsp3) is 0.391. The van der Waals surface area contributed by atoms with Gasteiger partial charge in [-0.25, -0.2) is 0 Å². The summed E-state index contributed by atoms with van der Waals surface area (Å²) < 4.78 is 50.9. The first-order chi connectivity index (χ1) is 14.8. The number of carbonyl (C=O) groups excluding carboxylic acids is 1. The lowest BCUT2D eigenvalue weighted by Gasteiger charge is -2.26. The lowest BCUT2D eigenvalue weighted by Crippen LogP contribution is -2.43. The number of nitrogens with zero attached hydrogens (tertiary/aromatic N) is 1. The molecule has 3 rings (SSSR count). The smallest absolute Gasteiger partial charge is 0.417 e. The van der Waals surface area contributed by atoms with Gasteiger partial charge >= 0.3 is 6.18 Å². The third-order valence-electron chi connectivity index (χ3n) is 5.08. The third kappa shape index (κ3) is 5.76. The molecule has 0 saturated carbocycles. The molecule has 1 aliphatic heterocycles. The first kappa shape index (κ1) is 22.6. The second-order valence-corrected chi connectivity index (χ2v) is 7.36. The van der Waals surface area contributed by atoms with E-state index in [4.69, 9.17) is 14.7 Å². The summed E-state index contributed by atoms with van der Waals surface area (Å²) in [5.74, 6) is -0.523. The van der Waals surface area contributed by atoms with Crippen LogP contribution in [-0.2, 0) is 28.7 Å². The maximum absolute atomic E-state index is 13.2. The quantitative estimate of drug-likeness (QED) is 0.705. The van der Waals surface area contributed by atoms with Gasteiger partial charge in [0, 0.05) is 13.0 Å². The lowest BCUT2D eigenvalue weighted by molar-refractivity contribution is -0.137. The summed E-state index contributed by atoms with van der Waals surface area (Å²) in [6.45, 7) is 2.60. The Balaban J connectivity index is 1.64. The van der Waals surface area contributed by atoms with Gasteiger partial charge in [0.25, 0.3) is 5.91 Å². The fourth-order valence-corrected chi connectivity index (χ4v) is 3.47. The van der Waals surface area contributed by atoms with Crippen molar-refractivity contribution in [1.82, 2.24) is 5.32 Å². The summed E-state index contributed by atoms with van der Waals surface area (Å²) in [7, 11) is 0. The normalized spacial score (nSPS) is 16.7. The van der Waals surface area contributed by atoms with Crippen molar-refractivity contribution in [3.8, 4) is 11.8 Å². The highest BCUT2D eigenvalue weighted by molar-refractivity contribution is 5.81. The van der Waals surface area contributed by atoms with Crippen LogP contribution in [0.1, 0.15) is 42.0 Å². The highest BCUT2D eigenvalue weighted by Gasteiger charge is 2.34. The minimum absolute atomic E-state index is 0.109. The molecule has 0 spiro atoms. The number of hydrogen-bond donors (Lipinski definition) is 1. The highest BCUT2D eigenvalue weighted by atomic mass is 19.4. The Morgan fingerprint density at radius 1 is 1.29 bits per heavy atom. The second kappa shape index (κ2) is 9.84. The van der Waals surface area contributed by atoms with E-state index in [1.54, 1.807) is 0 Å². The molecule has 164 valence electrons. The van der Waals surface area contributed by atoms with E-state index in [1.807, 2.05) is 31.2 Å². The number of carbonyl (C=O) groups is 1. The molecule has 8 heteroatoms. The molecular formula is C23H23F3N2O3.